The monoisotopic (exact) mass is 499 g/mol. The number of benzene rings is 2. The van der Waals surface area contributed by atoms with E-state index in [1.165, 1.54) is 17.1 Å². The Morgan fingerprint density at radius 1 is 0.974 bits per heavy atom. The van der Waals surface area contributed by atoms with E-state index in [4.69, 9.17) is 5.26 Å². The van der Waals surface area contributed by atoms with E-state index in [0.717, 1.165) is 38.9 Å². The molecule has 4 heterocycles. The molecule has 0 saturated carbocycles. The Morgan fingerprint density at radius 2 is 1.82 bits per heavy atom. The molecular weight excluding hydrogens is 478 g/mol. The molecule has 0 fully saturated rings. The van der Waals surface area contributed by atoms with E-state index in [1.54, 1.807) is 47.4 Å². The van der Waals surface area contributed by atoms with Crippen molar-refractivity contribution in [2.24, 2.45) is 7.05 Å². The van der Waals surface area contributed by atoms with Gasteiger partial charge in [0.1, 0.15) is 12.1 Å². The van der Waals surface area contributed by atoms with Crippen LogP contribution in [0.15, 0.2) is 84.2 Å². The van der Waals surface area contributed by atoms with Gasteiger partial charge in [-0.25, -0.2) is 19.6 Å². The van der Waals surface area contributed by atoms with Gasteiger partial charge in [0, 0.05) is 35.9 Å². The second kappa shape index (κ2) is 9.15. The molecule has 0 aliphatic heterocycles. The van der Waals surface area contributed by atoms with Crippen molar-refractivity contribution in [2.45, 2.75) is 6.92 Å². The number of hydrogen-bond donors (Lipinski definition) is 2. The number of rotatable bonds is 5. The average Bonchev–Trinajstić information content (AvgIpc) is 3.32. The van der Waals surface area contributed by atoms with Crippen LogP contribution in [0.2, 0.25) is 0 Å². The molecule has 0 unspecified atom stereocenters. The van der Waals surface area contributed by atoms with Gasteiger partial charge in [-0.15, -0.1) is 0 Å². The Labute approximate surface area is 216 Å². The topological polar surface area (TPSA) is 126 Å². The van der Waals surface area contributed by atoms with E-state index >= 15 is 0 Å². The van der Waals surface area contributed by atoms with Crippen LogP contribution in [0.1, 0.15) is 11.1 Å². The first-order chi connectivity index (χ1) is 18.5. The minimum atomic E-state index is -0.211. The highest BCUT2D eigenvalue weighted by Crippen LogP contribution is 2.33. The van der Waals surface area contributed by atoms with Gasteiger partial charge >= 0.3 is 0 Å². The van der Waals surface area contributed by atoms with Crippen LogP contribution in [0, 0.1) is 18.3 Å². The van der Waals surface area contributed by atoms with Crippen molar-refractivity contribution in [1.29, 1.82) is 5.26 Å². The second-order valence-corrected chi connectivity index (χ2v) is 8.81. The molecule has 184 valence electrons. The molecule has 0 spiro atoms. The highest BCUT2D eigenvalue weighted by molar-refractivity contribution is 5.98. The molecule has 0 atom stereocenters. The highest BCUT2D eigenvalue weighted by atomic mass is 16.1. The Hall–Kier alpha value is -5.56. The fourth-order valence-corrected chi connectivity index (χ4v) is 4.45. The first-order valence-corrected chi connectivity index (χ1v) is 11.8. The first-order valence-electron chi connectivity index (χ1n) is 11.8. The van der Waals surface area contributed by atoms with Gasteiger partial charge in [0.2, 0.25) is 0 Å². The maximum atomic E-state index is 12.9. The normalized spacial score (nSPS) is 11.0. The SMILES string of the molecule is Cc1cc(Nc2ncccc2-c2ncnc3c2cnn3C)c2ccc(=O)n(Nc3ccc(C#N)cc3)c2c1. The third kappa shape index (κ3) is 3.98. The molecule has 0 saturated heterocycles. The summed E-state index contributed by atoms with van der Waals surface area (Å²) in [5, 5.41) is 18.5. The zero-order valence-electron chi connectivity index (χ0n) is 20.5. The van der Waals surface area contributed by atoms with E-state index in [2.05, 4.69) is 36.9 Å². The lowest BCUT2D eigenvalue weighted by Crippen LogP contribution is -2.26. The van der Waals surface area contributed by atoms with Crippen molar-refractivity contribution >= 4 is 39.1 Å². The number of anilines is 3. The Kier molecular flexibility index (Phi) is 5.51. The Balaban J connectivity index is 1.46. The number of nitrogens with one attached hydrogen (secondary N) is 2. The third-order valence-corrected chi connectivity index (χ3v) is 6.26. The first kappa shape index (κ1) is 22.9. The van der Waals surface area contributed by atoms with Gasteiger partial charge in [-0.2, -0.15) is 10.4 Å². The molecule has 2 aromatic carbocycles. The number of fused-ring (bicyclic) bond motifs is 2. The lowest BCUT2D eigenvalue weighted by Gasteiger charge is -2.17. The minimum absolute atomic E-state index is 0.211. The van der Waals surface area contributed by atoms with Gasteiger partial charge in [0.15, 0.2) is 5.65 Å². The van der Waals surface area contributed by atoms with Gasteiger partial charge in [0.05, 0.1) is 40.1 Å². The fraction of sp³-hybridized carbons (Fsp3) is 0.0714. The van der Waals surface area contributed by atoms with Gasteiger partial charge in [-0.05, 0) is 67.1 Å². The number of nitrogens with zero attached hydrogens (tertiary/aromatic N) is 7. The van der Waals surface area contributed by atoms with Crippen LogP contribution in [0.5, 0.6) is 0 Å². The summed E-state index contributed by atoms with van der Waals surface area (Å²) in [4.78, 5) is 26.4. The van der Waals surface area contributed by atoms with Gasteiger partial charge < -0.3 is 5.32 Å². The molecule has 0 aliphatic carbocycles. The molecule has 6 aromatic rings. The molecular formula is C28H21N9O. The summed E-state index contributed by atoms with van der Waals surface area (Å²) in [6.45, 7) is 1.97. The predicted molar refractivity (Wildman–Crippen MR) is 146 cm³/mol. The minimum Gasteiger partial charge on any atom is -0.339 e. The number of nitriles is 1. The van der Waals surface area contributed by atoms with Crippen LogP contribution >= 0.6 is 0 Å². The maximum Gasteiger partial charge on any atom is 0.269 e. The van der Waals surface area contributed by atoms with Crippen molar-refractivity contribution < 1.29 is 0 Å². The summed E-state index contributed by atoms with van der Waals surface area (Å²) >= 11 is 0. The van der Waals surface area contributed by atoms with Gasteiger partial charge in [-0.1, -0.05) is 0 Å². The number of hydrogen-bond acceptors (Lipinski definition) is 8. The summed E-state index contributed by atoms with van der Waals surface area (Å²) < 4.78 is 3.20. The van der Waals surface area contributed by atoms with Crippen molar-refractivity contribution in [3.05, 3.63) is 101 Å². The van der Waals surface area contributed by atoms with Crippen LogP contribution in [-0.2, 0) is 7.05 Å². The van der Waals surface area contributed by atoms with E-state index in [-0.39, 0.29) is 5.56 Å². The van der Waals surface area contributed by atoms with Crippen molar-refractivity contribution in [3.63, 3.8) is 0 Å². The van der Waals surface area contributed by atoms with E-state index in [9.17, 15) is 4.79 Å². The summed E-state index contributed by atoms with van der Waals surface area (Å²) in [6.07, 6.45) is 4.98. The molecule has 0 amide bonds. The molecule has 38 heavy (non-hydrogen) atoms. The number of aromatic nitrogens is 6. The molecule has 6 rings (SSSR count). The second-order valence-electron chi connectivity index (χ2n) is 8.81. The van der Waals surface area contributed by atoms with Crippen LogP contribution < -0.4 is 16.3 Å². The van der Waals surface area contributed by atoms with E-state index in [1.807, 2.05) is 38.2 Å². The zero-order chi connectivity index (χ0) is 26.2. The smallest absolute Gasteiger partial charge is 0.269 e. The van der Waals surface area contributed by atoms with Crippen LogP contribution in [0.4, 0.5) is 17.2 Å². The largest absolute Gasteiger partial charge is 0.339 e. The Morgan fingerprint density at radius 3 is 2.63 bits per heavy atom. The summed E-state index contributed by atoms with van der Waals surface area (Å²) in [7, 11) is 1.84. The number of aryl methyl sites for hydroxylation is 2. The third-order valence-electron chi connectivity index (χ3n) is 6.26. The van der Waals surface area contributed by atoms with Crippen LogP contribution in [0.25, 0.3) is 33.2 Å². The van der Waals surface area contributed by atoms with Gasteiger partial charge in [-0.3, -0.25) is 14.9 Å². The van der Waals surface area contributed by atoms with Crippen LogP contribution in [-0.4, -0.2) is 29.4 Å². The van der Waals surface area contributed by atoms with E-state index in [0.29, 0.717) is 22.6 Å². The van der Waals surface area contributed by atoms with Crippen molar-refractivity contribution in [2.75, 3.05) is 10.7 Å². The quantitative estimate of drug-likeness (QED) is 0.354. The number of pyridine rings is 2. The fourth-order valence-electron chi connectivity index (χ4n) is 4.45. The van der Waals surface area contributed by atoms with Crippen LogP contribution in [0.3, 0.4) is 0 Å². The average molecular weight is 500 g/mol. The standard InChI is InChI=1S/C28H21N9O/c1-17-12-23(20-9-10-25(38)37(24(20)13-17)35-19-7-5-18(14-29)6-8-19)34-27-21(4-3-11-30-27)26-22-15-33-36(2)28(22)32-16-31-26/h3-13,15-16,35H,1-2H3,(H,30,34). The van der Waals surface area contributed by atoms with E-state index < -0.39 is 0 Å². The van der Waals surface area contributed by atoms with Gasteiger partial charge in [0.25, 0.3) is 5.56 Å². The summed E-state index contributed by atoms with van der Waals surface area (Å²) in [6, 6.07) is 20.1. The lowest BCUT2D eigenvalue weighted by molar-refractivity contribution is 0.785. The van der Waals surface area contributed by atoms with Crippen molar-refractivity contribution in [3.8, 4) is 17.3 Å². The zero-order valence-corrected chi connectivity index (χ0v) is 20.5. The molecule has 0 bridgehead atoms. The summed E-state index contributed by atoms with van der Waals surface area (Å²) in [5.74, 6) is 0.612. The lowest BCUT2D eigenvalue weighted by atomic mass is 10.1. The Bertz CT molecular complexity index is 1930. The molecule has 4 aromatic heterocycles. The van der Waals surface area contributed by atoms with Crippen molar-refractivity contribution in [1.82, 2.24) is 29.4 Å². The predicted octanol–water partition coefficient (Wildman–Crippen LogP) is 4.54. The molecule has 2 N–H and O–H groups in total. The molecule has 0 radical (unpaired) electrons. The molecule has 10 heteroatoms. The summed E-state index contributed by atoms with van der Waals surface area (Å²) in [5.41, 5.74) is 8.86. The molecule has 0 aliphatic rings. The molecule has 10 nitrogen and oxygen atoms in total. The maximum absolute atomic E-state index is 12.9. The highest BCUT2D eigenvalue weighted by Gasteiger charge is 2.16.